The fourth-order valence-corrected chi connectivity index (χ4v) is 15.4. The summed E-state index contributed by atoms with van der Waals surface area (Å²) < 4.78 is 0. The van der Waals surface area contributed by atoms with Gasteiger partial charge in [-0.25, -0.2) is 0 Å². The molecule has 10 aromatic rings. The van der Waals surface area contributed by atoms with Gasteiger partial charge in [-0.1, -0.05) is 270 Å². The topological polar surface area (TPSA) is 0 Å². The summed E-state index contributed by atoms with van der Waals surface area (Å²) in [6.45, 7) is 7.29. The SMILES string of the molecule is CC1CC=CC2=C1C1(C3=C(CCC=C3)c3ccccc31)c1cc(-c3ccc(C(C)C(c4ccc(-c5ccc(C6CC(C)c7ccccc7-c7ccccc76)cc5)cc4)c4ccc(-c5cccc6ccccc56)cc4)cc3)ccc12. The molecule has 0 heteroatoms. The van der Waals surface area contributed by atoms with Crippen molar-refractivity contribution < 1.29 is 0 Å². The highest BCUT2D eigenvalue weighted by atomic mass is 14.6. The zero-order valence-corrected chi connectivity index (χ0v) is 45.5. The summed E-state index contributed by atoms with van der Waals surface area (Å²) in [6.07, 6.45) is 14.1. The zero-order valence-electron chi connectivity index (χ0n) is 45.5. The molecule has 5 aliphatic carbocycles. The number of benzene rings is 10. The first-order chi connectivity index (χ1) is 38.9. The molecule has 0 amide bonds. The molecule has 0 saturated carbocycles. The fourth-order valence-electron chi connectivity index (χ4n) is 15.4. The molecular formula is C79H64. The fraction of sp³-hybridized carbons (Fsp3) is 0.165. The van der Waals surface area contributed by atoms with Gasteiger partial charge in [0.25, 0.3) is 0 Å². The molecule has 0 fully saturated rings. The van der Waals surface area contributed by atoms with Crippen LogP contribution in [0.2, 0.25) is 0 Å². The van der Waals surface area contributed by atoms with Crippen LogP contribution in [0.5, 0.6) is 0 Å². The van der Waals surface area contributed by atoms with Crippen molar-refractivity contribution in [1.29, 1.82) is 0 Å². The summed E-state index contributed by atoms with van der Waals surface area (Å²) >= 11 is 0. The Morgan fingerprint density at radius 1 is 0.443 bits per heavy atom. The first-order valence-corrected chi connectivity index (χ1v) is 29.1. The van der Waals surface area contributed by atoms with Gasteiger partial charge < -0.3 is 0 Å². The van der Waals surface area contributed by atoms with Crippen LogP contribution in [0.4, 0.5) is 0 Å². The van der Waals surface area contributed by atoms with E-state index in [1.54, 1.807) is 11.1 Å². The van der Waals surface area contributed by atoms with E-state index < -0.39 is 0 Å². The maximum atomic E-state index is 2.56. The van der Waals surface area contributed by atoms with Gasteiger partial charge in [0.2, 0.25) is 0 Å². The maximum Gasteiger partial charge on any atom is 0.0688 e. The van der Waals surface area contributed by atoms with Gasteiger partial charge in [-0.2, -0.15) is 0 Å². The Bertz CT molecular complexity index is 4150. The van der Waals surface area contributed by atoms with Crippen LogP contribution in [-0.2, 0) is 5.41 Å². The molecule has 380 valence electrons. The molecule has 6 unspecified atom stereocenters. The van der Waals surface area contributed by atoms with E-state index in [9.17, 15) is 0 Å². The average molecular weight is 1010 g/mol. The van der Waals surface area contributed by atoms with Crippen LogP contribution >= 0.6 is 0 Å². The third-order valence-electron chi connectivity index (χ3n) is 19.2. The van der Waals surface area contributed by atoms with Crippen molar-refractivity contribution >= 4 is 21.9 Å². The summed E-state index contributed by atoms with van der Waals surface area (Å²) in [5.41, 5.74) is 30.1. The lowest BCUT2D eigenvalue weighted by atomic mass is 9.64. The highest BCUT2D eigenvalue weighted by Crippen LogP contribution is 2.65. The minimum absolute atomic E-state index is 0.131. The molecular weight excluding hydrogens is 949 g/mol. The summed E-state index contributed by atoms with van der Waals surface area (Å²) in [4.78, 5) is 0. The minimum atomic E-state index is -0.258. The largest absolute Gasteiger partial charge is 0.0839 e. The van der Waals surface area contributed by atoms with Crippen LogP contribution in [0.15, 0.2) is 266 Å². The van der Waals surface area contributed by atoms with Crippen LogP contribution in [-0.4, -0.2) is 0 Å². The average Bonchev–Trinajstić information content (AvgIpc) is 3.65. The molecule has 0 saturated heterocycles. The Morgan fingerprint density at radius 2 is 1.03 bits per heavy atom. The van der Waals surface area contributed by atoms with Crippen molar-refractivity contribution in [3.8, 4) is 44.5 Å². The van der Waals surface area contributed by atoms with E-state index in [0.717, 1.165) is 25.7 Å². The molecule has 0 nitrogen and oxygen atoms in total. The van der Waals surface area contributed by atoms with Crippen LogP contribution in [0.1, 0.15) is 126 Å². The second-order valence-electron chi connectivity index (χ2n) is 23.4. The van der Waals surface area contributed by atoms with Crippen LogP contribution < -0.4 is 0 Å². The predicted molar refractivity (Wildman–Crippen MR) is 333 cm³/mol. The molecule has 0 N–H and O–H groups in total. The van der Waals surface area contributed by atoms with Crippen LogP contribution in [0, 0.1) is 5.92 Å². The molecule has 15 rings (SSSR count). The van der Waals surface area contributed by atoms with Crippen LogP contribution in [0.3, 0.4) is 0 Å². The predicted octanol–water partition coefficient (Wildman–Crippen LogP) is 20.8. The van der Waals surface area contributed by atoms with E-state index in [2.05, 4.69) is 276 Å². The third-order valence-corrected chi connectivity index (χ3v) is 19.2. The third kappa shape index (κ3) is 7.63. The second kappa shape index (κ2) is 19.1. The van der Waals surface area contributed by atoms with E-state index in [1.165, 1.54) is 122 Å². The van der Waals surface area contributed by atoms with E-state index in [1.807, 2.05) is 0 Å². The monoisotopic (exact) mass is 1010 g/mol. The van der Waals surface area contributed by atoms with Gasteiger partial charge in [-0.05, 0) is 183 Å². The number of allylic oxidation sites excluding steroid dienone is 8. The molecule has 5 aliphatic rings. The highest BCUT2D eigenvalue weighted by Gasteiger charge is 2.54. The Labute approximate surface area is 466 Å². The summed E-state index contributed by atoms with van der Waals surface area (Å²) in [6, 6.07) is 88.2. The number of fused-ring (bicyclic) bond motifs is 12. The van der Waals surface area contributed by atoms with E-state index in [0.29, 0.717) is 17.8 Å². The molecule has 0 aliphatic heterocycles. The lowest BCUT2D eigenvalue weighted by Gasteiger charge is -2.37. The molecule has 0 aromatic heterocycles. The van der Waals surface area contributed by atoms with Crippen molar-refractivity contribution in [1.82, 2.24) is 0 Å². The normalized spacial score (nSPS) is 20.3. The van der Waals surface area contributed by atoms with Crippen molar-refractivity contribution in [3.63, 3.8) is 0 Å². The quantitative estimate of drug-likeness (QED) is 0.142. The van der Waals surface area contributed by atoms with E-state index in [-0.39, 0.29) is 17.3 Å². The Morgan fingerprint density at radius 3 is 1.78 bits per heavy atom. The minimum Gasteiger partial charge on any atom is -0.0839 e. The lowest BCUT2D eigenvalue weighted by Crippen LogP contribution is -2.31. The smallest absolute Gasteiger partial charge is 0.0688 e. The molecule has 10 aromatic carbocycles. The van der Waals surface area contributed by atoms with Crippen LogP contribution in [0.25, 0.3) is 66.4 Å². The Hall–Kier alpha value is -8.58. The second-order valence-corrected chi connectivity index (χ2v) is 23.4. The Balaban J connectivity index is 0.767. The van der Waals surface area contributed by atoms with Gasteiger partial charge in [0.05, 0.1) is 5.41 Å². The number of rotatable bonds is 8. The zero-order chi connectivity index (χ0) is 52.8. The number of hydrogen-bond donors (Lipinski definition) is 0. The molecule has 0 radical (unpaired) electrons. The van der Waals surface area contributed by atoms with Crippen molar-refractivity contribution in [2.24, 2.45) is 5.92 Å². The van der Waals surface area contributed by atoms with Gasteiger partial charge in [0, 0.05) is 11.8 Å². The van der Waals surface area contributed by atoms with Gasteiger partial charge >= 0.3 is 0 Å². The van der Waals surface area contributed by atoms with Gasteiger partial charge in [-0.3, -0.25) is 0 Å². The van der Waals surface area contributed by atoms with Crippen molar-refractivity contribution in [2.45, 2.75) is 75.5 Å². The highest BCUT2D eigenvalue weighted by molar-refractivity contribution is 5.99. The number of hydrogen-bond acceptors (Lipinski definition) is 0. The summed E-state index contributed by atoms with van der Waals surface area (Å²) in [7, 11) is 0. The van der Waals surface area contributed by atoms with E-state index >= 15 is 0 Å². The van der Waals surface area contributed by atoms with Gasteiger partial charge in [-0.15, -0.1) is 0 Å². The standard InChI is InChI=1S/C79H64/c1-50-16-14-27-72-71-47-46-62(49-76(71)79(78(50)72)74-28-12-10-24-69(74)70-25-11-13-29-75(70)79)56-32-30-53(31-33-56)52(3)77(61-44-40-58(41-45-61)65-26-15-18-57-17-4-5-20-64(57)65)60-42-36-55(37-43-60)54-34-38-59(39-35-54)73-48-51(2)63-19-6-7-21-66(63)67-22-8-9-23-68(67)73/h4-10,12-15,17-24,26-47,49-52,73,77H,11,16,25,48H2,1-3H3. The van der Waals surface area contributed by atoms with Crippen molar-refractivity contribution in [3.05, 3.63) is 322 Å². The summed E-state index contributed by atoms with van der Waals surface area (Å²) in [5, 5.41) is 2.55. The molecule has 0 heterocycles. The van der Waals surface area contributed by atoms with Gasteiger partial charge in [0.15, 0.2) is 0 Å². The van der Waals surface area contributed by atoms with Gasteiger partial charge in [0.1, 0.15) is 0 Å². The first-order valence-electron chi connectivity index (χ1n) is 29.1. The Kier molecular flexibility index (Phi) is 11.5. The van der Waals surface area contributed by atoms with E-state index in [4.69, 9.17) is 0 Å². The van der Waals surface area contributed by atoms with Crippen molar-refractivity contribution in [2.75, 3.05) is 0 Å². The molecule has 6 atom stereocenters. The maximum absolute atomic E-state index is 2.56. The molecule has 1 spiro atoms. The lowest BCUT2D eigenvalue weighted by molar-refractivity contribution is 0.588. The first kappa shape index (κ1) is 47.6. The summed E-state index contributed by atoms with van der Waals surface area (Å²) in [5.74, 6) is 1.58. The molecule has 0 bridgehead atoms. The molecule has 79 heavy (non-hydrogen) atoms.